The first-order valence-corrected chi connectivity index (χ1v) is 19.5. The molecule has 0 rings (SSSR count). The van der Waals surface area contributed by atoms with Crippen molar-refractivity contribution in [1.82, 2.24) is 0 Å². The molecule has 0 aromatic carbocycles. The summed E-state index contributed by atoms with van der Waals surface area (Å²) in [5.74, 6) is -1.50. The van der Waals surface area contributed by atoms with Gasteiger partial charge in [-0.3, -0.25) is 9.59 Å². The highest BCUT2D eigenvalue weighted by Crippen LogP contribution is 2.13. The lowest BCUT2D eigenvalue weighted by Crippen LogP contribution is -2.50. The summed E-state index contributed by atoms with van der Waals surface area (Å²) in [6.45, 7) is 4.62. The van der Waals surface area contributed by atoms with Crippen molar-refractivity contribution in [3.05, 3.63) is 36.5 Å². The summed E-state index contributed by atoms with van der Waals surface area (Å²) in [6, 6.07) is -0.613. The van der Waals surface area contributed by atoms with Gasteiger partial charge in [-0.15, -0.1) is 0 Å². The highest BCUT2D eigenvalue weighted by molar-refractivity contribution is 5.72. The standard InChI is InChI=1S/C41H73NO7/c1-6-8-10-12-14-15-16-17-18-19-20-21-22-23-24-25-26-28-30-32-40(44)49-37(35-47-34-33-38(41(45)46)42(3,4)5)36-48-39(43)31-29-27-13-11-9-7-2/h14-15,17-18,20-21,37-38H,6-13,16,19,22-36H2,1-5H3/p+1/b15-14-,18-17-,21-20-. The van der Waals surface area contributed by atoms with Crippen LogP contribution in [0.15, 0.2) is 36.5 Å². The van der Waals surface area contributed by atoms with Gasteiger partial charge in [-0.25, -0.2) is 4.79 Å². The molecule has 0 radical (unpaired) electrons. The van der Waals surface area contributed by atoms with Crippen LogP contribution in [-0.2, 0) is 28.6 Å². The predicted molar refractivity (Wildman–Crippen MR) is 201 cm³/mol. The lowest BCUT2D eigenvalue weighted by atomic mass is 10.1. The number of carboxylic acids is 1. The van der Waals surface area contributed by atoms with Gasteiger partial charge >= 0.3 is 17.9 Å². The van der Waals surface area contributed by atoms with Gasteiger partial charge in [0.15, 0.2) is 12.1 Å². The first-order chi connectivity index (χ1) is 23.6. The molecular weight excluding hydrogens is 618 g/mol. The van der Waals surface area contributed by atoms with E-state index in [0.717, 1.165) is 64.2 Å². The molecule has 8 heteroatoms. The Labute approximate surface area is 300 Å². The Hall–Kier alpha value is -2.45. The van der Waals surface area contributed by atoms with Gasteiger partial charge < -0.3 is 23.8 Å². The Kier molecular flexibility index (Phi) is 31.1. The first-order valence-electron chi connectivity index (χ1n) is 19.5. The van der Waals surface area contributed by atoms with Crippen LogP contribution in [0, 0.1) is 0 Å². The second-order valence-corrected chi connectivity index (χ2v) is 14.2. The van der Waals surface area contributed by atoms with Crippen molar-refractivity contribution >= 4 is 17.9 Å². The third kappa shape index (κ3) is 31.3. The fourth-order valence-electron chi connectivity index (χ4n) is 5.45. The Morgan fingerprint density at radius 1 is 0.612 bits per heavy atom. The summed E-state index contributed by atoms with van der Waals surface area (Å²) >= 11 is 0. The van der Waals surface area contributed by atoms with Crippen LogP contribution in [0.3, 0.4) is 0 Å². The molecular formula is C41H74NO7+. The van der Waals surface area contributed by atoms with E-state index in [1.54, 1.807) is 0 Å². The van der Waals surface area contributed by atoms with Crippen LogP contribution in [-0.4, -0.2) is 80.6 Å². The number of aliphatic carboxylic acids is 1. The zero-order valence-corrected chi connectivity index (χ0v) is 32.1. The van der Waals surface area contributed by atoms with Gasteiger partial charge in [-0.2, -0.15) is 0 Å². The lowest BCUT2D eigenvalue weighted by Gasteiger charge is -2.31. The van der Waals surface area contributed by atoms with Gasteiger partial charge in [-0.1, -0.05) is 121 Å². The monoisotopic (exact) mass is 693 g/mol. The number of carboxylic acid groups (broad SMARTS) is 1. The van der Waals surface area contributed by atoms with Gasteiger partial charge in [0.2, 0.25) is 0 Å². The van der Waals surface area contributed by atoms with Crippen LogP contribution < -0.4 is 0 Å². The predicted octanol–water partition coefficient (Wildman–Crippen LogP) is 9.91. The molecule has 0 aromatic rings. The number of rotatable bonds is 34. The molecule has 0 aliphatic heterocycles. The molecule has 0 saturated carbocycles. The molecule has 0 heterocycles. The number of quaternary nitrogens is 1. The van der Waals surface area contributed by atoms with E-state index in [-0.39, 0.29) is 36.2 Å². The van der Waals surface area contributed by atoms with Crippen LogP contribution in [0.5, 0.6) is 0 Å². The molecule has 0 amide bonds. The van der Waals surface area contributed by atoms with Crippen molar-refractivity contribution in [2.24, 2.45) is 0 Å². The van der Waals surface area contributed by atoms with Gasteiger partial charge in [0.1, 0.15) is 6.61 Å². The van der Waals surface area contributed by atoms with Gasteiger partial charge in [0.25, 0.3) is 0 Å². The average molecular weight is 693 g/mol. The molecule has 1 N–H and O–H groups in total. The molecule has 8 nitrogen and oxygen atoms in total. The third-order valence-electron chi connectivity index (χ3n) is 8.54. The number of hydrogen-bond acceptors (Lipinski definition) is 6. The Morgan fingerprint density at radius 3 is 1.63 bits per heavy atom. The maximum atomic E-state index is 12.6. The van der Waals surface area contributed by atoms with Crippen molar-refractivity contribution in [3.63, 3.8) is 0 Å². The maximum absolute atomic E-state index is 12.6. The SMILES string of the molecule is CCCCC/C=C\C/C=C\C/C=C\CCCCCCCCC(=O)OC(COCCC(C(=O)O)[N+](C)(C)C)COC(=O)CCCCCCCC. The van der Waals surface area contributed by atoms with E-state index < -0.39 is 18.1 Å². The average Bonchev–Trinajstić information content (AvgIpc) is 3.05. The summed E-state index contributed by atoms with van der Waals surface area (Å²) in [6.07, 6.45) is 34.9. The van der Waals surface area contributed by atoms with Gasteiger partial charge in [0.05, 0.1) is 34.4 Å². The topological polar surface area (TPSA) is 99.1 Å². The van der Waals surface area contributed by atoms with E-state index in [1.807, 2.05) is 21.1 Å². The largest absolute Gasteiger partial charge is 0.477 e. The number of nitrogens with zero attached hydrogens (tertiary/aromatic N) is 1. The van der Waals surface area contributed by atoms with Crippen molar-refractivity contribution in [2.75, 3.05) is 41.0 Å². The highest BCUT2D eigenvalue weighted by atomic mass is 16.6. The quantitative estimate of drug-likeness (QED) is 0.0310. The van der Waals surface area contributed by atoms with Crippen molar-refractivity contribution in [2.45, 2.75) is 167 Å². The first kappa shape index (κ1) is 46.5. The summed E-state index contributed by atoms with van der Waals surface area (Å²) < 4.78 is 17.1. The normalized spacial score (nSPS) is 13.4. The number of likely N-dealkylation sites (N-methyl/N-ethyl adjacent to an activating group) is 1. The minimum absolute atomic E-state index is 0.0562. The van der Waals surface area contributed by atoms with E-state index in [9.17, 15) is 19.5 Å². The van der Waals surface area contributed by atoms with Gasteiger partial charge in [0, 0.05) is 19.3 Å². The molecule has 2 atom stereocenters. The summed E-state index contributed by atoms with van der Waals surface area (Å²) in [5.41, 5.74) is 0. The van der Waals surface area contributed by atoms with Crippen LogP contribution >= 0.6 is 0 Å². The fourth-order valence-corrected chi connectivity index (χ4v) is 5.45. The molecule has 49 heavy (non-hydrogen) atoms. The fraction of sp³-hybridized carbons (Fsp3) is 0.780. The number of allylic oxidation sites excluding steroid dienone is 6. The molecule has 0 fully saturated rings. The summed E-state index contributed by atoms with van der Waals surface area (Å²) in [7, 11) is 5.50. The van der Waals surface area contributed by atoms with Crippen molar-refractivity contribution < 1.29 is 38.2 Å². The Balaban J connectivity index is 4.31. The van der Waals surface area contributed by atoms with E-state index in [1.165, 1.54) is 57.8 Å². The second-order valence-electron chi connectivity index (χ2n) is 14.2. The minimum Gasteiger partial charge on any atom is -0.477 e. The maximum Gasteiger partial charge on any atom is 0.362 e. The number of carbonyl (C=O) groups is 3. The molecule has 0 saturated heterocycles. The highest BCUT2D eigenvalue weighted by Gasteiger charge is 2.31. The molecule has 0 spiro atoms. The number of carbonyl (C=O) groups excluding carboxylic acids is 2. The summed E-state index contributed by atoms with van der Waals surface area (Å²) in [4.78, 5) is 36.6. The Bertz CT molecular complexity index is 906. The van der Waals surface area contributed by atoms with Crippen LogP contribution in [0.25, 0.3) is 0 Å². The number of esters is 2. The van der Waals surface area contributed by atoms with E-state index in [2.05, 4.69) is 50.3 Å². The molecule has 0 aliphatic carbocycles. The van der Waals surface area contributed by atoms with Crippen LogP contribution in [0.2, 0.25) is 0 Å². The van der Waals surface area contributed by atoms with Gasteiger partial charge in [-0.05, 0) is 51.4 Å². The van der Waals surface area contributed by atoms with Crippen LogP contribution in [0.4, 0.5) is 0 Å². The number of ether oxygens (including phenoxy) is 3. The number of unbranched alkanes of at least 4 members (excludes halogenated alkanes) is 14. The third-order valence-corrected chi connectivity index (χ3v) is 8.54. The van der Waals surface area contributed by atoms with Crippen molar-refractivity contribution in [1.29, 1.82) is 0 Å². The lowest BCUT2D eigenvalue weighted by molar-refractivity contribution is -0.887. The van der Waals surface area contributed by atoms with E-state index in [4.69, 9.17) is 14.2 Å². The second kappa shape index (κ2) is 32.7. The van der Waals surface area contributed by atoms with Crippen LogP contribution in [0.1, 0.15) is 155 Å². The Morgan fingerprint density at radius 2 is 1.08 bits per heavy atom. The zero-order chi connectivity index (χ0) is 36.4. The molecule has 0 aromatic heterocycles. The zero-order valence-electron chi connectivity index (χ0n) is 32.1. The molecule has 0 bridgehead atoms. The van der Waals surface area contributed by atoms with E-state index in [0.29, 0.717) is 19.3 Å². The van der Waals surface area contributed by atoms with E-state index >= 15 is 0 Å². The smallest absolute Gasteiger partial charge is 0.362 e. The molecule has 284 valence electrons. The molecule has 2 unspecified atom stereocenters. The molecule has 0 aliphatic rings. The summed E-state index contributed by atoms with van der Waals surface area (Å²) in [5, 5.41) is 9.56. The number of hydrogen-bond donors (Lipinski definition) is 1. The minimum atomic E-state index is -0.880. The van der Waals surface area contributed by atoms with Crippen molar-refractivity contribution in [3.8, 4) is 0 Å².